The Labute approximate surface area is 169 Å². The lowest BCUT2D eigenvalue weighted by atomic mass is 10.1. The van der Waals surface area contributed by atoms with Crippen molar-refractivity contribution in [2.24, 2.45) is 11.7 Å². The molecule has 1 aliphatic carbocycles. The molecule has 0 radical (unpaired) electrons. The molecule has 5 nitrogen and oxygen atoms in total. The second-order valence-electron chi connectivity index (χ2n) is 7.67. The van der Waals surface area contributed by atoms with Gasteiger partial charge in [0, 0.05) is 31.2 Å². The third-order valence-corrected chi connectivity index (χ3v) is 5.45. The lowest BCUT2D eigenvalue weighted by Crippen LogP contribution is -2.24. The molecule has 0 bridgehead atoms. The number of hydrogen-bond acceptors (Lipinski definition) is 4. The molecule has 2 aromatic heterocycles. The highest BCUT2D eigenvalue weighted by molar-refractivity contribution is 5.85. The second-order valence-corrected chi connectivity index (χ2v) is 7.67. The summed E-state index contributed by atoms with van der Waals surface area (Å²) in [4.78, 5) is 20.0. The van der Waals surface area contributed by atoms with E-state index >= 15 is 0 Å². The molecule has 0 saturated heterocycles. The van der Waals surface area contributed by atoms with Crippen LogP contribution in [0, 0.1) is 11.7 Å². The summed E-state index contributed by atoms with van der Waals surface area (Å²) < 4.78 is 54.2. The summed E-state index contributed by atoms with van der Waals surface area (Å²) in [6.45, 7) is 0.487. The number of benzene rings is 1. The van der Waals surface area contributed by atoms with Gasteiger partial charge in [0.15, 0.2) is 5.82 Å². The molecule has 0 spiro atoms. The van der Waals surface area contributed by atoms with Crippen molar-refractivity contribution in [2.45, 2.75) is 44.4 Å². The fraction of sp³-hybridized carbons (Fsp3) is 0.381. The van der Waals surface area contributed by atoms with Crippen LogP contribution in [0.3, 0.4) is 0 Å². The van der Waals surface area contributed by atoms with Crippen molar-refractivity contribution in [2.75, 3.05) is 0 Å². The van der Waals surface area contributed by atoms with E-state index in [4.69, 9.17) is 5.73 Å². The van der Waals surface area contributed by atoms with Gasteiger partial charge in [-0.15, -0.1) is 0 Å². The fourth-order valence-electron chi connectivity index (χ4n) is 3.52. The van der Waals surface area contributed by atoms with Crippen LogP contribution in [-0.4, -0.2) is 20.6 Å². The van der Waals surface area contributed by atoms with E-state index < -0.39 is 17.6 Å². The van der Waals surface area contributed by atoms with Crippen molar-refractivity contribution in [1.29, 1.82) is 0 Å². The standard InChI is InChI=1S/C21H20F4N4O/c22-17-9-15-13(8-16(17)19-27-10-14(11-28-19)21(23,24)25)5-7-29(20(15)30)6-1-2-18(26)12-3-4-12/h5,7-12,18H,1-4,6,26H2/t18-/m1/s1. The van der Waals surface area contributed by atoms with E-state index in [1.165, 1.54) is 23.5 Å². The van der Waals surface area contributed by atoms with Gasteiger partial charge < -0.3 is 10.3 Å². The Kier molecular flexibility index (Phi) is 5.31. The van der Waals surface area contributed by atoms with Crippen molar-refractivity contribution >= 4 is 10.8 Å². The minimum atomic E-state index is -4.58. The molecule has 1 atom stereocenters. The molecule has 0 amide bonds. The summed E-state index contributed by atoms with van der Waals surface area (Å²) in [6.07, 6.45) is 2.18. The van der Waals surface area contributed by atoms with Crippen molar-refractivity contribution < 1.29 is 17.6 Å². The Morgan fingerprint density at radius 1 is 1.20 bits per heavy atom. The SMILES string of the molecule is N[C@H](CCCn1ccc2cc(-c3ncc(C(F)(F)F)cn3)c(F)cc2c1=O)C1CC1. The molecule has 2 heterocycles. The minimum Gasteiger partial charge on any atom is -0.327 e. The van der Waals surface area contributed by atoms with Gasteiger partial charge in [-0.05, 0) is 55.2 Å². The van der Waals surface area contributed by atoms with Crippen LogP contribution in [0.1, 0.15) is 31.2 Å². The highest BCUT2D eigenvalue weighted by Gasteiger charge is 2.31. The van der Waals surface area contributed by atoms with Crippen molar-refractivity contribution in [3.8, 4) is 11.4 Å². The van der Waals surface area contributed by atoms with Crippen LogP contribution in [0.4, 0.5) is 17.6 Å². The molecule has 0 unspecified atom stereocenters. The first-order valence-electron chi connectivity index (χ1n) is 9.72. The van der Waals surface area contributed by atoms with Gasteiger partial charge in [-0.25, -0.2) is 14.4 Å². The van der Waals surface area contributed by atoms with Crippen molar-refractivity contribution in [3.63, 3.8) is 0 Å². The summed E-state index contributed by atoms with van der Waals surface area (Å²) in [5.41, 5.74) is 4.68. The van der Waals surface area contributed by atoms with E-state index in [1.54, 1.807) is 12.3 Å². The van der Waals surface area contributed by atoms with E-state index in [9.17, 15) is 22.4 Å². The van der Waals surface area contributed by atoms with Gasteiger partial charge in [-0.3, -0.25) is 4.79 Å². The molecule has 9 heteroatoms. The summed E-state index contributed by atoms with van der Waals surface area (Å²) in [5.74, 6) is -0.355. The number of nitrogens with two attached hydrogens (primary N) is 1. The zero-order chi connectivity index (χ0) is 21.5. The first kappa shape index (κ1) is 20.5. The predicted octanol–water partition coefficient (Wildman–Crippen LogP) is 4.13. The van der Waals surface area contributed by atoms with Crippen LogP contribution in [0.2, 0.25) is 0 Å². The number of nitrogens with zero attached hydrogens (tertiary/aromatic N) is 3. The predicted molar refractivity (Wildman–Crippen MR) is 104 cm³/mol. The number of halogens is 4. The van der Waals surface area contributed by atoms with Crippen LogP contribution in [-0.2, 0) is 12.7 Å². The lowest BCUT2D eigenvalue weighted by molar-refractivity contribution is -0.138. The second kappa shape index (κ2) is 7.79. The van der Waals surface area contributed by atoms with Gasteiger partial charge in [0.1, 0.15) is 5.82 Å². The molecular formula is C21H20F4N4O. The van der Waals surface area contributed by atoms with Gasteiger partial charge in [0.2, 0.25) is 0 Å². The number of aromatic nitrogens is 3. The van der Waals surface area contributed by atoms with Crippen LogP contribution < -0.4 is 11.3 Å². The number of fused-ring (bicyclic) bond motifs is 1. The molecule has 158 valence electrons. The summed E-state index contributed by atoms with van der Waals surface area (Å²) in [6, 6.07) is 4.29. The molecule has 0 aliphatic heterocycles. The van der Waals surface area contributed by atoms with Crippen molar-refractivity contribution in [3.05, 3.63) is 58.5 Å². The Balaban J connectivity index is 1.58. The Morgan fingerprint density at radius 2 is 1.90 bits per heavy atom. The number of rotatable bonds is 6. The van der Waals surface area contributed by atoms with Crippen LogP contribution in [0.25, 0.3) is 22.2 Å². The topological polar surface area (TPSA) is 73.8 Å². The summed E-state index contributed by atoms with van der Waals surface area (Å²) in [7, 11) is 0. The number of pyridine rings is 1. The maximum Gasteiger partial charge on any atom is 0.419 e. The number of alkyl halides is 3. The first-order valence-corrected chi connectivity index (χ1v) is 9.72. The van der Waals surface area contributed by atoms with Gasteiger partial charge in [0.25, 0.3) is 5.56 Å². The Hall–Kier alpha value is -2.81. The quantitative estimate of drug-likeness (QED) is 0.609. The smallest absolute Gasteiger partial charge is 0.327 e. The van der Waals surface area contributed by atoms with E-state index in [2.05, 4.69) is 9.97 Å². The van der Waals surface area contributed by atoms with Crippen LogP contribution in [0.5, 0.6) is 0 Å². The van der Waals surface area contributed by atoms with E-state index in [1.807, 2.05) is 0 Å². The molecule has 1 aliphatic rings. The Morgan fingerprint density at radius 3 is 2.53 bits per heavy atom. The van der Waals surface area contributed by atoms with Gasteiger partial charge in [-0.1, -0.05) is 0 Å². The molecule has 3 aromatic rings. The summed E-state index contributed by atoms with van der Waals surface area (Å²) in [5, 5.41) is 0.656. The first-order chi connectivity index (χ1) is 14.2. The molecule has 30 heavy (non-hydrogen) atoms. The highest BCUT2D eigenvalue weighted by atomic mass is 19.4. The molecule has 1 aromatic carbocycles. The molecular weight excluding hydrogens is 400 g/mol. The van der Waals surface area contributed by atoms with Gasteiger partial charge in [-0.2, -0.15) is 13.2 Å². The van der Waals surface area contributed by atoms with E-state index in [0.717, 1.165) is 18.9 Å². The number of hydrogen-bond donors (Lipinski definition) is 1. The average molecular weight is 420 g/mol. The van der Waals surface area contributed by atoms with Gasteiger partial charge in [0.05, 0.1) is 16.5 Å². The summed E-state index contributed by atoms with van der Waals surface area (Å²) >= 11 is 0. The highest BCUT2D eigenvalue weighted by Crippen LogP contribution is 2.33. The molecule has 2 N–H and O–H groups in total. The number of aryl methyl sites for hydroxylation is 1. The molecule has 1 fully saturated rings. The molecule has 1 saturated carbocycles. The fourth-order valence-corrected chi connectivity index (χ4v) is 3.52. The normalized spacial score (nSPS) is 15.5. The third-order valence-electron chi connectivity index (χ3n) is 5.45. The van der Waals surface area contributed by atoms with Gasteiger partial charge >= 0.3 is 6.18 Å². The minimum absolute atomic E-state index is 0.0659. The maximum atomic E-state index is 14.6. The average Bonchev–Trinajstić information content (AvgIpc) is 3.55. The molecule has 4 rings (SSSR count). The van der Waals surface area contributed by atoms with E-state index in [-0.39, 0.29) is 28.4 Å². The third kappa shape index (κ3) is 4.21. The zero-order valence-electron chi connectivity index (χ0n) is 16.0. The largest absolute Gasteiger partial charge is 0.419 e. The van der Waals surface area contributed by atoms with Crippen LogP contribution >= 0.6 is 0 Å². The van der Waals surface area contributed by atoms with Crippen LogP contribution in [0.15, 0.2) is 41.6 Å². The maximum absolute atomic E-state index is 14.6. The van der Waals surface area contributed by atoms with E-state index in [0.29, 0.717) is 30.2 Å². The zero-order valence-corrected chi connectivity index (χ0v) is 16.0. The monoisotopic (exact) mass is 420 g/mol. The Bertz CT molecular complexity index is 1120. The van der Waals surface area contributed by atoms with Crippen molar-refractivity contribution in [1.82, 2.24) is 14.5 Å². The lowest BCUT2D eigenvalue weighted by Gasteiger charge is -2.12.